The fourth-order valence-electron chi connectivity index (χ4n) is 3.75. The summed E-state index contributed by atoms with van der Waals surface area (Å²) in [6, 6.07) is 14.8. The van der Waals surface area contributed by atoms with Gasteiger partial charge in [-0.2, -0.15) is 0 Å². The fourth-order valence-corrected chi connectivity index (χ4v) is 4.83. The molecule has 0 bridgehead atoms. The zero-order valence-electron chi connectivity index (χ0n) is 18.7. The van der Waals surface area contributed by atoms with E-state index >= 15 is 0 Å². The number of methoxy groups -OCH3 is 2. The quantitative estimate of drug-likeness (QED) is 0.531. The lowest BCUT2D eigenvalue weighted by molar-refractivity contribution is -0.149. The summed E-state index contributed by atoms with van der Waals surface area (Å²) >= 11 is 0. The smallest absolute Gasteiger partial charge is 0.323 e. The highest BCUT2D eigenvalue weighted by molar-refractivity contribution is 7.92. The number of nitrogens with one attached hydrogen (secondary N) is 2. The van der Waals surface area contributed by atoms with Crippen molar-refractivity contribution in [2.75, 3.05) is 36.9 Å². The monoisotopic (exact) mass is 475 g/mol. The molecule has 1 saturated heterocycles. The molecule has 3 rings (SSSR count). The van der Waals surface area contributed by atoms with Gasteiger partial charge in [-0.1, -0.05) is 18.2 Å². The van der Waals surface area contributed by atoms with E-state index in [9.17, 15) is 18.0 Å². The predicted octanol–water partition coefficient (Wildman–Crippen LogP) is 2.15. The van der Waals surface area contributed by atoms with Crippen LogP contribution in [0, 0.1) is 0 Å². The van der Waals surface area contributed by atoms with Crippen LogP contribution in [-0.2, 0) is 29.1 Å². The highest BCUT2D eigenvalue weighted by atomic mass is 32.2. The van der Waals surface area contributed by atoms with Gasteiger partial charge in [-0.3, -0.25) is 14.3 Å². The number of sulfonamides is 1. The zero-order valence-corrected chi connectivity index (χ0v) is 19.5. The maximum absolute atomic E-state index is 12.5. The molecule has 33 heavy (non-hydrogen) atoms. The van der Waals surface area contributed by atoms with E-state index in [0.717, 1.165) is 31.6 Å². The molecule has 2 aromatic carbocycles. The van der Waals surface area contributed by atoms with Crippen molar-refractivity contribution >= 4 is 33.3 Å². The minimum Gasteiger partial charge on any atom is -0.469 e. The first-order chi connectivity index (χ1) is 15.8. The van der Waals surface area contributed by atoms with E-state index in [1.165, 1.54) is 14.2 Å². The molecule has 2 N–H and O–H groups in total. The summed E-state index contributed by atoms with van der Waals surface area (Å²) in [5.74, 6) is -0.963. The Morgan fingerprint density at radius 2 is 1.64 bits per heavy atom. The van der Waals surface area contributed by atoms with Gasteiger partial charge in [0.05, 0.1) is 25.5 Å². The first kappa shape index (κ1) is 24.5. The van der Waals surface area contributed by atoms with Crippen LogP contribution in [0.5, 0.6) is 0 Å². The molecule has 0 radical (unpaired) electrons. The molecule has 0 spiro atoms. The number of piperidine rings is 1. The van der Waals surface area contributed by atoms with Crippen LogP contribution in [-0.4, -0.2) is 59.7 Å². The van der Waals surface area contributed by atoms with Crippen molar-refractivity contribution in [2.45, 2.75) is 36.2 Å². The van der Waals surface area contributed by atoms with Gasteiger partial charge in [0.2, 0.25) is 0 Å². The molecule has 0 aliphatic carbocycles. The van der Waals surface area contributed by atoms with Gasteiger partial charge in [0.25, 0.3) is 10.0 Å². The number of hydrogen-bond donors (Lipinski definition) is 2. The molecule has 10 heteroatoms. The van der Waals surface area contributed by atoms with Gasteiger partial charge in [0.1, 0.15) is 6.04 Å². The van der Waals surface area contributed by atoms with Gasteiger partial charge >= 0.3 is 11.9 Å². The Bertz CT molecular complexity index is 1040. The van der Waals surface area contributed by atoms with Gasteiger partial charge in [0, 0.05) is 30.5 Å². The molecule has 0 amide bonds. The van der Waals surface area contributed by atoms with Crippen molar-refractivity contribution in [3.63, 3.8) is 0 Å². The Kier molecular flexibility index (Phi) is 8.29. The van der Waals surface area contributed by atoms with Crippen molar-refractivity contribution in [3.05, 3.63) is 54.6 Å². The Labute approximate surface area is 194 Å². The van der Waals surface area contributed by atoms with E-state index in [1.807, 2.05) is 12.1 Å². The van der Waals surface area contributed by atoms with Crippen molar-refractivity contribution in [1.82, 2.24) is 5.32 Å². The molecule has 1 unspecified atom stereocenters. The lowest BCUT2D eigenvalue weighted by Gasteiger charge is -2.35. The van der Waals surface area contributed by atoms with Gasteiger partial charge < -0.3 is 19.7 Å². The summed E-state index contributed by atoms with van der Waals surface area (Å²) < 4.78 is 37.0. The normalized spacial score (nSPS) is 15.5. The van der Waals surface area contributed by atoms with Gasteiger partial charge in [-0.25, -0.2) is 8.42 Å². The lowest BCUT2D eigenvalue weighted by atomic mass is 10.0. The number of esters is 2. The Morgan fingerprint density at radius 1 is 1.00 bits per heavy atom. The standard InChI is InChI=1S/C23H29N3O6S/c1-31-22(27)16-21(23(28)32-2)24-17-12-14-26(15-13-17)19-10-8-18(9-11-19)25-33(29,30)20-6-4-3-5-7-20/h3-11,17,21,24-25H,12-16H2,1-2H3. The summed E-state index contributed by atoms with van der Waals surface area (Å²) in [6.07, 6.45) is 1.47. The molecule has 0 aromatic heterocycles. The first-order valence-electron chi connectivity index (χ1n) is 10.7. The number of hydrogen-bond acceptors (Lipinski definition) is 8. The van der Waals surface area contributed by atoms with E-state index in [0.29, 0.717) is 5.69 Å². The summed E-state index contributed by atoms with van der Waals surface area (Å²) in [4.78, 5) is 26.0. The van der Waals surface area contributed by atoms with Gasteiger partial charge in [-0.15, -0.1) is 0 Å². The molecule has 0 saturated carbocycles. The van der Waals surface area contributed by atoms with E-state index < -0.39 is 28.0 Å². The summed E-state index contributed by atoms with van der Waals surface area (Å²) in [6.45, 7) is 1.50. The van der Waals surface area contributed by atoms with Crippen molar-refractivity contribution in [3.8, 4) is 0 Å². The number of rotatable bonds is 9. The minimum atomic E-state index is -3.63. The second-order valence-electron chi connectivity index (χ2n) is 7.75. The number of carbonyl (C=O) groups excluding carboxylic acids is 2. The minimum absolute atomic E-state index is 0.0620. The number of carbonyl (C=O) groups is 2. The summed E-state index contributed by atoms with van der Waals surface area (Å²) in [5, 5.41) is 3.22. The lowest BCUT2D eigenvalue weighted by Crippen LogP contribution is -2.50. The number of anilines is 2. The third kappa shape index (κ3) is 6.69. The second kappa shape index (κ2) is 11.2. The third-order valence-corrected chi connectivity index (χ3v) is 6.95. The van der Waals surface area contributed by atoms with E-state index in [-0.39, 0.29) is 17.4 Å². The van der Waals surface area contributed by atoms with Crippen molar-refractivity contribution in [1.29, 1.82) is 0 Å². The molecule has 2 aromatic rings. The van der Waals surface area contributed by atoms with E-state index in [2.05, 4.69) is 19.7 Å². The van der Waals surface area contributed by atoms with Crippen molar-refractivity contribution < 1.29 is 27.5 Å². The highest BCUT2D eigenvalue weighted by Crippen LogP contribution is 2.24. The van der Waals surface area contributed by atoms with Crippen LogP contribution in [0.25, 0.3) is 0 Å². The maximum Gasteiger partial charge on any atom is 0.323 e. The molecule has 1 fully saturated rings. The van der Waals surface area contributed by atoms with E-state index in [4.69, 9.17) is 4.74 Å². The molecule has 1 heterocycles. The average molecular weight is 476 g/mol. The predicted molar refractivity (Wildman–Crippen MR) is 125 cm³/mol. The van der Waals surface area contributed by atoms with Crippen LogP contribution in [0.1, 0.15) is 19.3 Å². The highest BCUT2D eigenvalue weighted by Gasteiger charge is 2.28. The number of benzene rings is 2. The Hall–Kier alpha value is -3.11. The largest absolute Gasteiger partial charge is 0.469 e. The number of nitrogens with zero attached hydrogens (tertiary/aromatic N) is 1. The van der Waals surface area contributed by atoms with Crippen LogP contribution in [0.4, 0.5) is 11.4 Å². The summed E-state index contributed by atoms with van der Waals surface area (Å²) in [5.41, 5.74) is 1.47. The third-order valence-electron chi connectivity index (χ3n) is 5.55. The first-order valence-corrected chi connectivity index (χ1v) is 12.1. The van der Waals surface area contributed by atoms with Crippen LogP contribution >= 0.6 is 0 Å². The molecule has 1 aliphatic rings. The van der Waals surface area contributed by atoms with Crippen LogP contribution in [0.15, 0.2) is 59.5 Å². The number of ether oxygens (including phenoxy) is 2. The maximum atomic E-state index is 12.5. The van der Waals surface area contributed by atoms with Crippen molar-refractivity contribution in [2.24, 2.45) is 0 Å². The molecule has 1 aliphatic heterocycles. The molecule has 1 atom stereocenters. The summed E-state index contributed by atoms with van der Waals surface area (Å²) in [7, 11) is -1.06. The topological polar surface area (TPSA) is 114 Å². The Balaban J connectivity index is 1.55. The Morgan fingerprint density at radius 3 is 2.21 bits per heavy atom. The van der Waals surface area contributed by atoms with Crippen LogP contribution in [0.2, 0.25) is 0 Å². The molecular weight excluding hydrogens is 446 g/mol. The molecule has 178 valence electrons. The van der Waals surface area contributed by atoms with Crippen LogP contribution in [0.3, 0.4) is 0 Å². The molecule has 9 nitrogen and oxygen atoms in total. The SMILES string of the molecule is COC(=O)CC(NC1CCN(c2ccc(NS(=O)(=O)c3ccccc3)cc2)CC1)C(=O)OC. The van der Waals surface area contributed by atoms with Gasteiger partial charge in [-0.05, 0) is 49.2 Å². The average Bonchev–Trinajstić information content (AvgIpc) is 2.84. The zero-order chi connectivity index (χ0) is 23.8. The van der Waals surface area contributed by atoms with Crippen LogP contribution < -0.4 is 14.9 Å². The van der Waals surface area contributed by atoms with E-state index in [1.54, 1.807) is 42.5 Å². The molecular formula is C23H29N3O6S. The fraction of sp³-hybridized carbons (Fsp3) is 0.391. The second-order valence-corrected chi connectivity index (χ2v) is 9.43. The van der Waals surface area contributed by atoms with Gasteiger partial charge in [0.15, 0.2) is 0 Å².